The molecule has 1 aliphatic heterocycles. The molecule has 8 nitrogen and oxygen atoms in total. The van der Waals surface area contributed by atoms with E-state index in [0.717, 1.165) is 63.8 Å². The van der Waals surface area contributed by atoms with E-state index in [1.54, 1.807) is 12.1 Å². The molecule has 0 saturated carbocycles. The Bertz CT molecular complexity index is 606. The van der Waals surface area contributed by atoms with Crippen LogP contribution in [0.5, 0.6) is 0 Å². The molecule has 1 fully saturated rings. The summed E-state index contributed by atoms with van der Waals surface area (Å²) in [4.78, 5) is 17.4. The van der Waals surface area contributed by atoms with E-state index in [0.29, 0.717) is 12.6 Å². The molecule has 1 atom stereocenters. The van der Waals surface area contributed by atoms with Crippen LogP contribution in [0, 0.1) is 10.1 Å². The summed E-state index contributed by atoms with van der Waals surface area (Å²) in [5.74, 6) is 0.782. The fourth-order valence-electron chi connectivity index (χ4n) is 2.72. The Balaban J connectivity index is 0.00000392. The second-order valence-electron chi connectivity index (χ2n) is 6.78. The molecular formula is C19H32IN5O3. The third-order valence-corrected chi connectivity index (χ3v) is 4.61. The molecule has 0 aliphatic carbocycles. The highest BCUT2D eigenvalue weighted by Crippen LogP contribution is 2.12. The van der Waals surface area contributed by atoms with Crippen molar-refractivity contribution in [3.8, 4) is 0 Å². The average Bonchev–Trinajstić information content (AvgIpc) is 2.70. The Morgan fingerprint density at radius 2 is 2.00 bits per heavy atom. The summed E-state index contributed by atoms with van der Waals surface area (Å²) in [5.41, 5.74) is 1.04. The largest absolute Gasteiger partial charge is 0.379 e. The van der Waals surface area contributed by atoms with Crippen LogP contribution in [0.3, 0.4) is 0 Å². The van der Waals surface area contributed by atoms with E-state index in [1.807, 2.05) is 0 Å². The number of hydrogen-bond acceptors (Lipinski definition) is 5. The van der Waals surface area contributed by atoms with Gasteiger partial charge in [0.25, 0.3) is 5.69 Å². The van der Waals surface area contributed by atoms with Crippen LogP contribution >= 0.6 is 24.0 Å². The molecule has 2 rings (SSSR count). The second kappa shape index (κ2) is 13.7. The number of nitro benzene ring substituents is 1. The molecule has 1 unspecified atom stereocenters. The number of halogens is 1. The predicted molar refractivity (Wildman–Crippen MR) is 122 cm³/mol. The fourth-order valence-corrected chi connectivity index (χ4v) is 2.72. The highest BCUT2D eigenvalue weighted by atomic mass is 127. The van der Waals surface area contributed by atoms with Gasteiger partial charge in [0.2, 0.25) is 0 Å². The second-order valence-corrected chi connectivity index (χ2v) is 6.78. The van der Waals surface area contributed by atoms with E-state index in [-0.39, 0.29) is 34.6 Å². The third kappa shape index (κ3) is 9.16. The Hall–Kier alpha value is -1.46. The number of non-ortho nitro benzene ring substituents is 1. The number of nitrogens with one attached hydrogen (secondary N) is 2. The Morgan fingerprint density at radius 1 is 1.32 bits per heavy atom. The number of nitro groups is 1. The van der Waals surface area contributed by atoms with Gasteiger partial charge < -0.3 is 15.4 Å². The highest BCUT2D eigenvalue weighted by molar-refractivity contribution is 14.0. The summed E-state index contributed by atoms with van der Waals surface area (Å²) in [5, 5.41) is 17.5. The molecule has 0 aromatic heterocycles. The van der Waals surface area contributed by atoms with Crippen molar-refractivity contribution in [1.82, 2.24) is 15.5 Å². The highest BCUT2D eigenvalue weighted by Gasteiger charge is 2.10. The summed E-state index contributed by atoms with van der Waals surface area (Å²) in [6, 6.07) is 6.86. The first-order valence-electron chi connectivity index (χ1n) is 9.66. The summed E-state index contributed by atoms with van der Waals surface area (Å²) < 4.78 is 5.37. The van der Waals surface area contributed by atoms with Crippen molar-refractivity contribution in [2.45, 2.75) is 39.3 Å². The molecule has 1 aromatic rings. The first kappa shape index (κ1) is 24.6. The van der Waals surface area contributed by atoms with E-state index < -0.39 is 0 Å². The van der Waals surface area contributed by atoms with Gasteiger partial charge in [0, 0.05) is 37.8 Å². The van der Waals surface area contributed by atoms with Gasteiger partial charge in [-0.1, -0.05) is 19.1 Å². The number of guanidine groups is 1. The molecule has 1 saturated heterocycles. The van der Waals surface area contributed by atoms with Crippen LogP contribution in [0.1, 0.15) is 32.3 Å². The smallest absolute Gasteiger partial charge is 0.269 e. The lowest BCUT2D eigenvalue weighted by Gasteiger charge is -2.26. The lowest BCUT2D eigenvalue weighted by atomic mass is 10.2. The lowest BCUT2D eigenvalue weighted by Crippen LogP contribution is -2.43. The van der Waals surface area contributed by atoms with Gasteiger partial charge in [-0.05, 0) is 31.9 Å². The number of morpholine rings is 1. The minimum Gasteiger partial charge on any atom is -0.379 e. The molecule has 1 aromatic carbocycles. The maximum Gasteiger partial charge on any atom is 0.269 e. The zero-order chi connectivity index (χ0) is 19.5. The van der Waals surface area contributed by atoms with Crippen molar-refractivity contribution in [3.05, 3.63) is 39.9 Å². The molecular weight excluding hydrogens is 473 g/mol. The average molecular weight is 505 g/mol. The SMILES string of the molecule is CCC(C)NC(=NCc1ccc([N+](=O)[O-])cc1)NCCCN1CCOCC1.I. The van der Waals surface area contributed by atoms with Crippen LogP contribution in [0.4, 0.5) is 5.69 Å². The van der Waals surface area contributed by atoms with Gasteiger partial charge in [0.05, 0.1) is 24.7 Å². The van der Waals surface area contributed by atoms with Gasteiger partial charge >= 0.3 is 0 Å². The van der Waals surface area contributed by atoms with Crippen molar-refractivity contribution in [2.24, 2.45) is 4.99 Å². The summed E-state index contributed by atoms with van der Waals surface area (Å²) >= 11 is 0. The standard InChI is InChI=1S/C19H31N5O3.HI/c1-3-16(2)22-19(20-9-4-10-23-11-13-27-14-12-23)21-15-17-5-7-18(8-6-17)24(25)26;/h5-8,16H,3-4,9-15H2,1-2H3,(H2,20,21,22);1H. The van der Waals surface area contributed by atoms with E-state index >= 15 is 0 Å². The van der Waals surface area contributed by atoms with E-state index in [1.165, 1.54) is 12.1 Å². The molecule has 1 heterocycles. The van der Waals surface area contributed by atoms with Crippen molar-refractivity contribution in [2.75, 3.05) is 39.4 Å². The van der Waals surface area contributed by atoms with Gasteiger partial charge in [-0.3, -0.25) is 15.0 Å². The molecule has 9 heteroatoms. The summed E-state index contributed by atoms with van der Waals surface area (Å²) in [6.45, 7) is 10.3. The van der Waals surface area contributed by atoms with Crippen LogP contribution in [0.25, 0.3) is 0 Å². The first-order valence-corrected chi connectivity index (χ1v) is 9.66. The van der Waals surface area contributed by atoms with E-state index in [4.69, 9.17) is 4.74 Å². The van der Waals surface area contributed by atoms with Crippen LogP contribution < -0.4 is 10.6 Å². The molecule has 0 bridgehead atoms. The number of ether oxygens (including phenoxy) is 1. The predicted octanol–water partition coefficient (Wildman–Crippen LogP) is 2.77. The minimum absolute atomic E-state index is 0. The van der Waals surface area contributed by atoms with Gasteiger partial charge in [-0.2, -0.15) is 0 Å². The number of hydrogen-bond donors (Lipinski definition) is 2. The number of aliphatic imine (C=N–C) groups is 1. The van der Waals surface area contributed by atoms with Gasteiger partial charge in [0.15, 0.2) is 5.96 Å². The van der Waals surface area contributed by atoms with Crippen LogP contribution in [0.2, 0.25) is 0 Å². The molecule has 0 spiro atoms. The molecule has 28 heavy (non-hydrogen) atoms. The van der Waals surface area contributed by atoms with Crippen LogP contribution in [-0.4, -0.2) is 61.2 Å². The maximum atomic E-state index is 10.7. The molecule has 2 N–H and O–H groups in total. The normalized spacial score (nSPS) is 16.1. The van der Waals surface area contributed by atoms with E-state index in [9.17, 15) is 10.1 Å². The minimum atomic E-state index is -0.390. The number of rotatable bonds is 9. The molecule has 158 valence electrons. The Labute approximate surface area is 184 Å². The maximum absolute atomic E-state index is 10.7. The quantitative estimate of drug-likeness (QED) is 0.134. The van der Waals surface area contributed by atoms with Crippen molar-refractivity contribution in [3.63, 3.8) is 0 Å². The topological polar surface area (TPSA) is 92.0 Å². The van der Waals surface area contributed by atoms with Gasteiger partial charge in [0.1, 0.15) is 0 Å². The zero-order valence-corrected chi connectivity index (χ0v) is 19.1. The van der Waals surface area contributed by atoms with Crippen LogP contribution in [0.15, 0.2) is 29.3 Å². The first-order chi connectivity index (χ1) is 13.1. The van der Waals surface area contributed by atoms with Crippen LogP contribution in [-0.2, 0) is 11.3 Å². The fraction of sp³-hybridized carbons (Fsp3) is 0.632. The Kier molecular flexibility index (Phi) is 12.0. The summed E-state index contributed by atoms with van der Waals surface area (Å²) in [6.07, 6.45) is 2.05. The lowest BCUT2D eigenvalue weighted by molar-refractivity contribution is -0.384. The van der Waals surface area contributed by atoms with Crippen molar-refractivity contribution in [1.29, 1.82) is 0 Å². The number of benzene rings is 1. The monoisotopic (exact) mass is 505 g/mol. The molecule has 0 amide bonds. The van der Waals surface area contributed by atoms with Crippen molar-refractivity contribution < 1.29 is 9.66 Å². The summed E-state index contributed by atoms with van der Waals surface area (Å²) in [7, 11) is 0. The Morgan fingerprint density at radius 3 is 2.61 bits per heavy atom. The number of nitrogens with zero attached hydrogens (tertiary/aromatic N) is 3. The van der Waals surface area contributed by atoms with Gasteiger partial charge in [-0.25, -0.2) is 4.99 Å². The van der Waals surface area contributed by atoms with Gasteiger partial charge in [-0.15, -0.1) is 24.0 Å². The van der Waals surface area contributed by atoms with Crippen molar-refractivity contribution >= 4 is 35.6 Å². The molecule has 0 radical (unpaired) electrons. The van der Waals surface area contributed by atoms with E-state index in [2.05, 4.69) is 34.4 Å². The molecule has 1 aliphatic rings. The third-order valence-electron chi connectivity index (χ3n) is 4.61. The zero-order valence-electron chi connectivity index (χ0n) is 16.7.